The van der Waals surface area contributed by atoms with Crippen LogP contribution < -0.4 is 0 Å². The largest absolute Gasteiger partial charge is 0.235 e. The minimum atomic E-state index is 0.316. The zero-order chi connectivity index (χ0) is 12.4. The Morgan fingerprint density at radius 1 is 1.35 bits per heavy atom. The zero-order valence-corrected chi connectivity index (χ0v) is 11.3. The molecule has 0 radical (unpaired) electrons. The number of benzene rings is 1. The number of para-hydroxylation sites is 1. The Kier molecular flexibility index (Phi) is 3.30. The maximum atomic E-state index is 8.94. The van der Waals surface area contributed by atoms with E-state index in [0.29, 0.717) is 11.6 Å². The fourth-order valence-electron chi connectivity index (χ4n) is 1.68. The van der Waals surface area contributed by atoms with Gasteiger partial charge in [-0.25, -0.2) is 4.68 Å². The first kappa shape index (κ1) is 11.9. The second kappa shape index (κ2) is 4.72. The van der Waals surface area contributed by atoms with Crippen molar-refractivity contribution in [3.05, 3.63) is 46.2 Å². The number of nitrogens with zero attached hydrogens (tertiary/aromatic N) is 3. The average Bonchev–Trinajstić information content (AvgIpc) is 2.73. The van der Waals surface area contributed by atoms with Gasteiger partial charge in [0.2, 0.25) is 0 Å². The van der Waals surface area contributed by atoms with Crippen LogP contribution in [0.1, 0.15) is 31.2 Å². The van der Waals surface area contributed by atoms with Crippen LogP contribution in [0.2, 0.25) is 0 Å². The lowest BCUT2D eigenvalue weighted by molar-refractivity contribution is 0.731. The van der Waals surface area contributed by atoms with Gasteiger partial charge in [0.05, 0.1) is 5.69 Å². The number of rotatable bonds is 2. The molecule has 0 bridgehead atoms. The summed E-state index contributed by atoms with van der Waals surface area (Å²) in [6.07, 6.45) is 0. The summed E-state index contributed by atoms with van der Waals surface area (Å²) >= 11 is 3.50. The third-order valence-corrected chi connectivity index (χ3v) is 3.19. The van der Waals surface area contributed by atoms with E-state index >= 15 is 0 Å². The summed E-state index contributed by atoms with van der Waals surface area (Å²) in [5, 5.41) is 13.2. The van der Waals surface area contributed by atoms with E-state index < -0.39 is 0 Å². The molecule has 0 fully saturated rings. The SMILES string of the molecule is CC(C)c1cc(C#N)nn1-c1ccccc1Br. The van der Waals surface area contributed by atoms with Gasteiger partial charge in [-0.3, -0.25) is 0 Å². The minimum absolute atomic E-state index is 0.316. The summed E-state index contributed by atoms with van der Waals surface area (Å²) in [6.45, 7) is 4.18. The Morgan fingerprint density at radius 2 is 2.06 bits per heavy atom. The molecule has 86 valence electrons. The van der Waals surface area contributed by atoms with Gasteiger partial charge in [-0.2, -0.15) is 10.4 Å². The van der Waals surface area contributed by atoms with Crippen molar-refractivity contribution < 1.29 is 0 Å². The van der Waals surface area contributed by atoms with Crippen LogP contribution in [0.3, 0.4) is 0 Å². The van der Waals surface area contributed by atoms with Gasteiger partial charge in [0, 0.05) is 10.2 Å². The Morgan fingerprint density at radius 3 is 2.65 bits per heavy atom. The molecule has 0 spiro atoms. The highest BCUT2D eigenvalue weighted by atomic mass is 79.9. The highest BCUT2D eigenvalue weighted by molar-refractivity contribution is 9.10. The van der Waals surface area contributed by atoms with E-state index in [1.165, 1.54) is 0 Å². The Labute approximate surface area is 109 Å². The molecule has 0 aliphatic heterocycles. The maximum absolute atomic E-state index is 8.94. The van der Waals surface area contributed by atoms with Gasteiger partial charge >= 0.3 is 0 Å². The maximum Gasteiger partial charge on any atom is 0.163 e. The first-order valence-electron chi connectivity index (χ1n) is 5.38. The van der Waals surface area contributed by atoms with Crippen molar-refractivity contribution in [2.45, 2.75) is 19.8 Å². The van der Waals surface area contributed by atoms with Crippen LogP contribution in [-0.2, 0) is 0 Å². The van der Waals surface area contributed by atoms with Gasteiger partial charge in [0.25, 0.3) is 0 Å². The molecule has 0 saturated carbocycles. The molecule has 0 amide bonds. The fraction of sp³-hybridized carbons (Fsp3) is 0.231. The van der Waals surface area contributed by atoms with Crippen molar-refractivity contribution in [2.24, 2.45) is 0 Å². The number of aromatic nitrogens is 2. The van der Waals surface area contributed by atoms with Gasteiger partial charge in [0.1, 0.15) is 6.07 Å². The lowest BCUT2D eigenvalue weighted by Gasteiger charge is -2.11. The van der Waals surface area contributed by atoms with E-state index in [9.17, 15) is 0 Å². The molecule has 4 heteroatoms. The number of hydrogen-bond acceptors (Lipinski definition) is 2. The normalized spacial score (nSPS) is 10.5. The molecule has 1 heterocycles. The molecule has 2 rings (SSSR count). The molecule has 0 N–H and O–H groups in total. The van der Waals surface area contributed by atoms with Crippen molar-refractivity contribution in [2.75, 3.05) is 0 Å². The fourth-order valence-corrected chi connectivity index (χ4v) is 2.13. The minimum Gasteiger partial charge on any atom is -0.235 e. The Hall–Kier alpha value is -1.60. The van der Waals surface area contributed by atoms with Crippen molar-refractivity contribution >= 4 is 15.9 Å². The van der Waals surface area contributed by atoms with E-state index in [1.54, 1.807) is 0 Å². The monoisotopic (exact) mass is 289 g/mol. The van der Waals surface area contributed by atoms with Crippen molar-refractivity contribution in [3.8, 4) is 11.8 Å². The lowest BCUT2D eigenvalue weighted by atomic mass is 10.1. The van der Waals surface area contributed by atoms with Crippen molar-refractivity contribution in [1.29, 1.82) is 5.26 Å². The van der Waals surface area contributed by atoms with Crippen molar-refractivity contribution in [1.82, 2.24) is 9.78 Å². The molecular formula is C13H12BrN3. The van der Waals surface area contributed by atoms with Crippen LogP contribution in [0.5, 0.6) is 0 Å². The van der Waals surface area contributed by atoms with Gasteiger partial charge in [-0.15, -0.1) is 0 Å². The number of halogens is 1. The van der Waals surface area contributed by atoms with Gasteiger partial charge in [-0.1, -0.05) is 26.0 Å². The highest BCUT2D eigenvalue weighted by Crippen LogP contribution is 2.25. The van der Waals surface area contributed by atoms with Gasteiger partial charge in [-0.05, 0) is 40.0 Å². The summed E-state index contributed by atoms with van der Waals surface area (Å²) in [7, 11) is 0. The van der Waals surface area contributed by atoms with Gasteiger partial charge < -0.3 is 0 Å². The van der Waals surface area contributed by atoms with Crippen LogP contribution in [0.25, 0.3) is 5.69 Å². The third-order valence-electron chi connectivity index (χ3n) is 2.52. The number of nitriles is 1. The average molecular weight is 290 g/mol. The Bertz CT molecular complexity index is 579. The standard InChI is InChI=1S/C13H12BrN3/c1-9(2)13-7-10(8-15)16-17(13)12-6-4-3-5-11(12)14/h3-7,9H,1-2H3. The molecular weight excluding hydrogens is 278 g/mol. The molecule has 0 aliphatic rings. The summed E-state index contributed by atoms with van der Waals surface area (Å²) in [5.41, 5.74) is 2.44. The van der Waals surface area contributed by atoms with E-state index in [4.69, 9.17) is 5.26 Å². The molecule has 0 atom stereocenters. The Balaban J connectivity index is 2.63. The van der Waals surface area contributed by atoms with Crippen molar-refractivity contribution in [3.63, 3.8) is 0 Å². The molecule has 2 aromatic rings. The van der Waals surface area contributed by atoms with Crippen LogP contribution in [0, 0.1) is 11.3 Å². The van der Waals surface area contributed by atoms with Gasteiger partial charge in [0.15, 0.2) is 5.69 Å². The molecule has 1 aromatic heterocycles. The topological polar surface area (TPSA) is 41.6 Å². The zero-order valence-electron chi connectivity index (χ0n) is 9.68. The summed E-state index contributed by atoms with van der Waals surface area (Å²) in [6, 6.07) is 11.8. The van der Waals surface area contributed by atoms with Crippen LogP contribution in [0.15, 0.2) is 34.8 Å². The number of hydrogen-bond donors (Lipinski definition) is 0. The van der Waals surface area contributed by atoms with E-state index in [0.717, 1.165) is 15.9 Å². The van der Waals surface area contributed by atoms with Crippen LogP contribution >= 0.6 is 15.9 Å². The molecule has 0 aliphatic carbocycles. The highest BCUT2D eigenvalue weighted by Gasteiger charge is 2.13. The first-order valence-corrected chi connectivity index (χ1v) is 6.17. The predicted molar refractivity (Wildman–Crippen MR) is 70.1 cm³/mol. The van der Waals surface area contributed by atoms with Crippen LogP contribution in [0.4, 0.5) is 0 Å². The van der Waals surface area contributed by atoms with E-state index in [-0.39, 0.29) is 0 Å². The molecule has 3 nitrogen and oxygen atoms in total. The molecule has 17 heavy (non-hydrogen) atoms. The summed E-state index contributed by atoms with van der Waals surface area (Å²) in [5.74, 6) is 0.316. The third kappa shape index (κ3) is 2.25. The molecule has 0 saturated heterocycles. The summed E-state index contributed by atoms with van der Waals surface area (Å²) in [4.78, 5) is 0. The second-order valence-corrected chi connectivity index (χ2v) is 4.94. The summed E-state index contributed by atoms with van der Waals surface area (Å²) < 4.78 is 2.79. The first-order chi connectivity index (χ1) is 8.13. The second-order valence-electron chi connectivity index (χ2n) is 4.08. The van der Waals surface area contributed by atoms with E-state index in [1.807, 2.05) is 35.0 Å². The smallest absolute Gasteiger partial charge is 0.163 e. The van der Waals surface area contributed by atoms with Crippen LogP contribution in [-0.4, -0.2) is 9.78 Å². The van der Waals surface area contributed by atoms with E-state index in [2.05, 4.69) is 40.9 Å². The molecule has 0 unspecified atom stereocenters. The lowest BCUT2D eigenvalue weighted by Crippen LogP contribution is -2.04. The molecule has 1 aromatic carbocycles. The quantitative estimate of drug-likeness (QED) is 0.847. The predicted octanol–water partition coefficient (Wildman–Crippen LogP) is 3.63.